The lowest BCUT2D eigenvalue weighted by Gasteiger charge is -2.21. The third-order valence-corrected chi connectivity index (χ3v) is 6.54. The first-order chi connectivity index (χ1) is 14.9. The predicted molar refractivity (Wildman–Crippen MR) is 126 cm³/mol. The zero-order valence-electron chi connectivity index (χ0n) is 17.8. The summed E-state index contributed by atoms with van der Waals surface area (Å²) in [6.45, 7) is 6.56. The molecule has 31 heavy (non-hydrogen) atoms. The number of aromatic nitrogens is 2. The number of para-hydroxylation sites is 1. The van der Waals surface area contributed by atoms with Crippen molar-refractivity contribution in [3.63, 3.8) is 0 Å². The van der Waals surface area contributed by atoms with Crippen molar-refractivity contribution in [2.24, 2.45) is 0 Å². The Bertz CT molecular complexity index is 1110. The van der Waals surface area contributed by atoms with Gasteiger partial charge in [0.1, 0.15) is 0 Å². The van der Waals surface area contributed by atoms with Gasteiger partial charge in [0.15, 0.2) is 5.16 Å². The molecule has 1 aromatic carbocycles. The summed E-state index contributed by atoms with van der Waals surface area (Å²) in [5.41, 5.74) is 0.496. The minimum Gasteiger partial charge on any atom is -0.350 e. The summed E-state index contributed by atoms with van der Waals surface area (Å²) in [7, 11) is 0. The Hall–Kier alpha value is -2.65. The molecule has 0 radical (unpaired) electrons. The van der Waals surface area contributed by atoms with Crippen molar-refractivity contribution >= 4 is 45.8 Å². The molecular formula is C22H26N4O3S2. The van der Waals surface area contributed by atoms with Crippen molar-refractivity contribution in [3.8, 4) is 0 Å². The van der Waals surface area contributed by atoms with Crippen molar-refractivity contribution < 1.29 is 9.59 Å². The highest BCUT2D eigenvalue weighted by Crippen LogP contribution is 2.21. The standard InChI is InChI=1S/C22H26N4O3S2/c1-4-25(13-19(27)23-12-16-8-7-11-30-16)20(28)14-31-22-24-18-10-6-5-9-17(18)21(29)26(22)15(2)3/h5-11,15H,4,12-14H2,1-3H3,(H,23,27). The fourth-order valence-electron chi connectivity index (χ4n) is 3.10. The van der Waals surface area contributed by atoms with E-state index in [4.69, 9.17) is 0 Å². The Balaban J connectivity index is 1.67. The van der Waals surface area contributed by atoms with E-state index in [0.717, 1.165) is 4.88 Å². The number of amides is 2. The smallest absolute Gasteiger partial charge is 0.262 e. The van der Waals surface area contributed by atoms with Crippen molar-refractivity contribution in [1.29, 1.82) is 0 Å². The number of hydrogen-bond acceptors (Lipinski definition) is 6. The molecule has 0 saturated heterocycles. The molecule has 0 atom stereocenters. The first-order valence-corrected chi connectivity index (χ1v) is 12.0. The highest BCUT2D eigenvalue weighted by molar-refractivity contribution is 7.99. The third kappa shape index (κ3) is 5.74. The number of hydrogen-bond donors (Lipinski definition) is 1. The maximum absolute atomic E-state index is 12.9. The van der Waals surface area contributed by atoms with Crippen LogP contribution in [0, 0.1) is 0 Å². The maximum atomic E-state index is 12.9. The Morgan fingerprint density at radius 2 is 2.00 bits per heavy atom. The molecule has 164 valence electrons. The van der Waals surface area contributed by atoms with E-state index in [1.807, 2.05) is 50.4 Å². The molecule has 9 heteroatoms. The number of carbonyl (C=O) groups excluding carboxylic acids is 2. The van der Waals surface area contributed by atoms with Crippen LogP contribution < -0.4 is 10.9 Å². The minimum absolute atomic E-state index is 0.00338. The van der Waals surface area contributed by atoms with E-state index >= 15 is 0 Å². The SMILES string of the molecule is CCN(CC(=O)NCc1cccs1)C(=O)CSc1nc2ccccc2c(=O)n1C(C)C. The normalized spacial score (nSPS) is 11.1. The fraction of sp³-hybridized carbons (Fsp3) is 0.364. The van der Waals surface area contributed by atoms with Crippen LogP contribution in [0.15, 0.2) is 51.7 Å². The van der Waals surface area contributed by atoms with Gasteiger partial charge in [0.25, 0.3) is 5.56 Å². The molecular weight excluding hydrogens is 432 g/mol. The van der Waals surface area contributed by atoms with Gasteiger partial charge < -0.3 is 10.2 Å². The van der Waals surface area contributed by atoms with Crippen molar-refractivity contribution in [1.82, 2.24) is 19.8 Å². The number of thioether (sulfide) groups is 1. The van der Waals surface area contributed by atoms with Crippen LogP contribution in [-0.2, 0) is 16.1 Å². The second-order valence-electron chi connectivity index (χ2n) is 7.23. The van der Waals surface area contributed by atoms with Gasteiger partial charge in [0.05, 0.1) is 29.7 Å². The largest absolute Gasteiger partial charge is 0.350 e. The molecule has 0 aliphatic heterocycles. The van der Waals surface area contributed by atoms with E-state index < -0.39 is 0 Å². The van der Waals surface area contributed by atoms with Crippen molar-refractivity contribution in [3.05, 3.63) is 57.0 Å². The molecule has 2 aromatic heterocycles. The summed E-state index contributed by atoms with van der Waals surface area (Å²) in [5.74, 6) is -0.267. The van der Waals surface area contributed by atoms with Gasteiger partial charge >= 0.3 is 0 Å². The first kappa shape index (κ1) is 23.0. The number of nitrogens with one attached hydrogen (secondary N) is 1. The highest BCUT2D eigenvalue weighted by Gasteiger charge is 2.19. The summed E-state index contributed by atoms with van der Waals surface area (Å²) < 4.78 is 1.62. The number of rotatable bonds is 9. The summed E-state index contributed by atoms with van der Waals surface area (Å²) in [6.07, 6.45) is 0. The van der Waals surface area contributed by atoms with Crippen molar-refractivity contribution in [2.45, 2.75) is 38.5 Å². The van der Waals surface area contributed by atoms with E-state index in [2.05, 4.69) is 10.3 Å². The second-order valence-corrected chi connectivity index (χ2v) is 9.21. The Morgan fingerprint density at radius 3 is 2.68 bits per heavy atom. The molecule has 1 N–H and O–H groups in total. The average Bonchev–Trinajstić information content (AvgIpc) is 3.28. The number of benzene rings is 1. The average molecular weight is 459 g/mol. The van der Waals surface area contributed by atoms with Crippen LogP contribution in [0.25, 0.3) is 10.9 Å². The van der Waals surface area contributed by atoms with Crippen LogP contribution in [0.4, 0.5) is 0 Å². The summed E-state index contributed by atoms with van der Waals surface area (Å²) in [5, 5.41) is 5.86. The second kappa shape index (κ2) is 10.6. The number of likely N-dealkylation sites (N-methyl/N-ethyl adjacent to an activating group) is 1. The van der Waals surface area contributed by atoms with Gasteiger partial charge in [0.2, 0.25) is 11.8 Å². The Kier molecular flexibility index (Phi) is 7.86. The van der Waals surface area contributed by atoms with Crippen LogP contribution >= 0.6 is 23.1 Å². The van der Waals surface area contributed by atoms with Crippen LogP contribution in [0.3, 0.4) is 0 Å². The molecule has 2 amide bonds. The van der Waals surface area contributed by atoms with Gasteiger partial charge in [-0.1, -0.05) is 30.0 Å². The molecule has 7 nitrogen and oxygen atoms in total. The molecule has 3 rings (SSSR count). The zero-order valence-corrected chi connectivity index (χ0v) is 19.5. The molecule has 0 spiro atoms. The topological polar surface area (TPSA) is 84.3 Å². The summed E-state index contributed by atoms with van der Waals surface area (Å²) in [4.78, 5) is 45.1. The monoisotopic (exact) mass is 458 g/mol. The lowest BCUT2D eigenvalue weighted by molar-refractivity contribution is -0.133. The Morgan fingerprint density at radius 1 is 1.23 bits per heavy atom. The van der Waals surface area contributed by atoms with Gasteiger partial charge in [-0.2, -0.15) is 0 Å². The predicted octanol–water partition coefficient (Wildman–Crippen LogP) is 3.30. The van der Waals surface area contributed by atoms with E-state index in [0.29, 0.717) is 29.1 Å². The molecule has 0 fully saturated rings. The lowest BCUT2D eigenvalue weighted by atomic mass is 10.2. The number of fused-ring (bicyclic) bond motifs is 1. The van der Waals surface area contributed by atoms with Crippen LogP contribution in [0.1, 0.15) is 31.7 Å². The van der Waals surface area contributed by atoms with Crippen LogP contribution in [-0.4, -0.2) is 45.1 Å². The van der Waals surface area contributed by atoms with Gasteiger partial charge in [-0.3, -0.25) is 19.0 Å². The minimum atomic E-state index is -0.198. The molecule has 3 aromatic rings. The molecule has 0 aliphatic rings. The van der Waals surface area contributed by atoms with E-state index in [-0.39, 0.29) is 35.7 Å². The Labute approximate surface area is 189 Å². The van der Waals surface area contributed by atoms with Gasteiger partial charge in [-0.25, -0.2) is 4.98 Å². The highest BCUT2D eigenvalue weighted by atomic mass is 32.2. The number of thiophene rings is 1. The zero-order chi connectivity index (χ0) is 22.4. The molecule has 0 bridgehead atoms. The van der Waals surface area contributed by atoms with Crippen LogP contribution in [0.2, 0.25) is 0 Å². The quantitative estimate of drug-likeness (QED) is 0.393. The number of carbonyl (C=O) groups is 2. The van der Waals surface area contributed by atoms with E-state index in [1.54, 1.807) is 28.0 Å². The van der Waals surface area contributed by atoms with Gasteiger partial charge in [-0.05, 0) is 44.4 Å². The summed E-state index contributed by atoms with van der Waals surface area (Å²) in [6, 6.07) is 11.0. The maximum Gasteiger partial charge on any atom is 0.262 e. The molecule has 0 unspecified atom stereocenters. The summed E-state index contributed by atoms with van der Waals surface area (Å²) >= 11 is 2.80. The molecule has 2 heterocycles. The lowest BCUT2D eigenvalue weighted by Crippen LogP contribution is -2.41. The molecule has 0 aliphatic carbocycles. The third-order valence-electron chi connectivity index (χ3n) is 4.73. The van der Waals surface area contributed by atoms with E-state index in [1.165, 1.54) is 16.7 Å². The number of nitrogens with zero attached hydrogens (tertiary/aromatic N) is 3. The fourth-order valence-corrected chi connectivity index (χ4v) is 4.78. The van der Waals surface area contributed by atoms with Crippen molar-refractivity contribution in [2.75, 3.05) is 18.8 Å². The first-order valence-electron chi connectivity index (χ1n) is 10.1. The van der Waals surface area contributed by atoms with Gasteiger partial charge in [0, 0.05) is 17.5 Å². The molecule has 0 saturated carbocycles. The van der Waals surface area contributed by atoms with E-state index in [9.17, 15) is 14.4 Å². The van der Waals surface area contributed by atoms with Gasteiger partial charge in [-0.15, -0.1) is 11.3 Å². The van der Waals surface area contributed by atoms with Crippen LogP contribution in [0.5, 0.6) is 0 Å².